The third kappa shape index (κ3) is 4.06. The van der Waals surface area contributed by atoms with Gasteiger partial charge >= 0.3 is 6.18 Å². The van der Waals surface area contributed by atoms with Gasteiger partial charge in [-0.1, -0.05) is 23.7 Å². The number of para-hydroxylation sites is 2. The quantitative estimate of drug-likeness (QED) is 0.811. The molecule has 2 aromatic carbocycles. The van der Waals surface area contributed by atoms with Crippen LogP contribution in [0.15, 0.2) is 42.5 Å². The highest BCUT2D eigenvalue weighted by Gasteiger charge is 2.37. The van der Waals surface area contributed by atoms with Gasteiger partial charge in [-0.25, -0.2) is 0 Å². The summed E-state index contributed by atoms with van der Waals surface area (Å²) in [4.78, 5) is 26.3. The zero-order valence-electron chi connectivity index (χ0n) is 14.7. The number of anilines is 2. The number of carbonyl (C=O) groups is 2. The Balaban J connectivity index is 1.77. The maximum absolute atomic E-state index is 12.9. The zero-order valence-corrected chi connectivity index (χ0v) is 15.5. The Morgan fingerprint density at radius 1 is 1.25 bits per heavy atom. The van der Waals surface area contributed by atoms with Crippen LogP contribution in [0, 0.1) is 5.92 Å². The van der Waals surface area contributed by atoms with Gasteiger partial charge in [-0.3, -0.25) is 9.59 Å². The van der Waals surface area contributed by atoms with E-state index >= 15 is 0 Å². The van der Waals surface area contributed by atoms with Crippen molar-refractivity contribution in [2.75, 3.05) is 23.9 Å². The van der Waals surface area contributed by atoms with Crippen LogP contribution in [-0.2, 0) is 15.8 Å². The lowest BCUT2D eigenvalue weighted by Crippen LogP contribution is -2.28. The number of hydrogen-bond acceptors (Lipinski definition) is 3. The van der Waals surface area contributed by atoms with Gasteiger partial charge < -0.3 is 15.0 Å². The summed E-state index contributed by atoms with van der Waals surface area (Å²) in [6.45, 7) is 0.0849. The maximum atomic E-state index is 12.9. The lowest BCUT2D eigenvalue weighted by molar-refractivity contribution is -0.137. The van der Waals surface area contributed by atoms with Gasteiger partial charge in [0.15, 0.2) is 0 Å². The van der Waals surface area contributed by atoms with Crippen LogP contribution in [0.3, 0.4) is 0 Å². The molecule has 1 heterocycles. The largest absolute Gasteiger partial charge is 0.495 e. The molecule has 2 amide bonds. The van der Waals surface area contributed by atoms with Crippen molar-refractivity contribution in [3.05, 3.63) is 53.1 Å². The molecule has 1 aliphatic heterocycles. The van der Waals surface area contributed by atoms with Gasteiger partial charge in [0.2, 0.25) is 11.8 Å². The van der Waals surface area contributed by atoms with Crippen molar-refractivity contribution in [3.63, 3.8) is 0 Å². The first-order valence-electron chi connectivity index (χ1n) is 8.31. The summed E-state index contributed by atoms with van der Waals surface area (Å²) in [7, 11) is 1.47. The van der Waals surface area contributed by atoms with Crippen molar-refractivity contribution in [2.45, 2.75) is 12.6 Å². The third-order valence-corrected chi connectivity index (χ3v) is 4.75. The smallest absolute Gasteiger partial charge is 0.416 e. The Kier molecular flexibility index (Phi) is 5.51. The monoisotopic (exact) mass is 412 g/mol. The van der Waals surface area contributed by atoms with E-state index in [0.717, 1.165) is 18.2 Å². The molecule has 1 aliphatic rings. The summed E-state index contributed by atoms with van der Waals surface area (Å²) >= 11 is 5.91. The van der Waals surface area contributed by atoms with Gasteiger partial charge in [-0.2, -0.15) is 13.2 Å². The van der Waals surface area contributed by atoms with Crippen LogP contribution in [0.2, 0.25) is 5.02 Å². The molecular formula is C19H16ClF3N2O3. The van der Waals surface area contributed by atoms with E-state index < -0.39 is 23.6 Å². The van der Waals surface area contributed by atoms with Crippen LogP contribution in [-0.4, -0.2) is 25.5 Å². The number of hydrogen-bond donors (Lipinski definition) is 1. The summed E-state index contributed by atoms with van der Waals surface area (Å²) in [5, 5.41) is 2.38. The van der Waals surface area contributed by atoms with E-state index in [1.54, 1.807) is 24.3 Å². The van der Waals surface area contributed by atoms with Crippen LogP contribution in [0.5, 0.6) is 5.75 Å². The van der Waals surface area contributed by atoms with Crippen LogP contribution in [0.4, 0.5) is 24.5 Å². The summed E-state index contributed by atoms with van der Waals surface area (Å²) in [5.41, 5.74) is -0.544. The van der Waals surface area contributed by atoms with Crippen LogP contribution < -0.4 is 15.0 Å². The van der Waals surface area contributed by atoms with Crippen molar-refractivity contribution in [3.8, 4) is 5.75 Å². The average Bonchev–Trinajstić information content (AvgIpc) is 3.04. The molecule has 28 heavy (non-hydrogen) atoms. The number of benzene rings is 2. The molecular weight excluding hydrogens is 397 g/mol. The third-order valence-electron chi connectivity index (χ3n) is 4.42. The molecule has 9 heteroatoms. The molecule has 0 saturated carbocycles. The summed E-state index contributed by atoms with van der Waals surface area (Å²) in [5.74, 6) is -1.10. The van der Waals surface area contributed by atoms with E-state index in [4.69, 9.17) is 16.3 Å². The minimum Gasteiger partial charge on any atom is -0.495 e. The molecule has 1 N–H and O–H groups in total. The number of ether oxygens (including phenoxy) is 1. The Morgan fingerprint density at radius 3 is 2.64 bits per heavy atom. The number of nitrogens with one attached hydrogen (secondary N) is 1. The molecule has 1 fully saturated rings. The average molecular weight is 413 g/mol. The molecule has 148 valence electrons. The second-order valence-electron chi connectivity index (χ2n) is 6.26. The van der Waals surface area contributed by atoms with Gasteiger partial charge in [0, 0.05) is 13.0 Å². The first-order valence-corrected chi connectivity index (χ1v) is 8.69. The number of amides is 2. The molecule has 0 bridgehead atoms. The molecule has 1 unspecified atom stereocenters. The second-order valence-corrected chi connectivity index (χ2v) is 6.67. The lowest BCUT2D eigenvalue weighted by Gasteiger charge is -2.19. The van der Waals surface area contributed by atoms with Crippen LogP contribution in [0.25, 0.3) is 0 Å². The number of alkyl halides is 3. The molecule has 1 atom stereocenters. The standard InChI is InChI=1S/C19H16ClF3N2O3/c1-28-16-5-3-2-4-15(16)25-10-11(8-17(25)26)18(27)24-14-9-12(19(21,22)23)6-7-13(14)20/h2-7,9,11H,8,10H2,1H3,(H,24,27). The van der Waals surface area contributed by atoms with Gasteiger partial charge in [-0.15, -0.1) is 0 Å². The fourth-order valence-corrected chi connectivity index (χ4v) is 3.17. The van der Waals surface area contributed by atoms with Crippen molar-refractivity contribution in [1.29, 1.82) is 0 Å². The Bertz CT molecular complexity index is 918. The van der Waals surface area contributed by atoms with Crippen molar-refractivity contribution < 1.29 is 27.5 Å². The molecule has 0 aromatic heterocycles. The molecule has 1 saturated heterocycles. The van der Waals surface area contributed by atoms with Gasteiger partial charge in [-0.05, 0) is 30.3 Å². The first-order chi connectivity index (χ1) is 13.2. The Hall–Kier alpha value is -2.74. The molecule has 5 nitrogen and oxygen atoms in total. The topological polar surface area (TPSA) is 58.6 Å². The number of halogens is 4. The number of nitrogens with zero attached hydrogens (tertiary/aromatic N) is 1. The molecule has 3 rings (SSSR count). The van der Waals surface area contributed by atoms with Gasteiger partial charge in [0.1, 0.15) is 5.75 Å². The maximum Gasteiger partial charge on any atom is 0.416 e. The van der Waals surface area contributed by atoms with Crippen LogP contribution in [0.1, 0.15) is 12.0 Å². The summed E-state index contributed by atoms with van der Waals surface area (Å²) in [6, 6.07) is 9.55. The molecule has 0 spiro atoms. The highest BCUT2D eigenvalue weighted by atomic mass is 35.5. The van der Waals surface area contributed by atoms with E-state index in [0.29, 0.717) is 11.4 Å². The highest BCUT2D eigenvalue weighted by Crippen LogP contribution is 2.35. The normalized spacial score (nSPS) is 17.0. The Labute approximate surface area is 164 Å². The minimum absolute atomic E-state index is 0.0211. The number of rotatable bonds is 4. The zero-order chi connectivity index (χ0) is 20.5. The summed E-state index contributed by atoms with van der Waals surface area (Å²) in [6.07, 6.45) is -4.63. The van der Waals surface area contributed by atoms with Crippen molar-refractivity contribution >= 4 is 34.8 Å². The van der Waals surface area contributed by atoms with Gasteiger partial charge in [0.25, 0.3) is 0 Å². The fraction of sp³-hybridized carbons (Fsp3) is 0.263. The lowest BCUT2D eigenvalue weighted by atomic mass is 10.1. The molecule has 0 radical (unpaired) electrons. The SMILES string of the molecule is COc1ccccc1N1CC(C(=O)Nc2cc(C(F)(F)F)ccc2Cl)CC1=O. The molecule has 0 aliphatic carbocycles. The molecule has 2 aromatic rings. The fourth-order valence-electron chi connectivity index (χ4n) is 3.00. The van der Waals surface area contributed by atoms with E-state index in [1.165, 1.54) is 12.0 Å². The van der Waals surface area contributed by atoms with E-state index in [2.05, 4.69) is 5.32 Å². The van der Waals surface area contributed by atoms with Crippen molar-refractivity contribution in [1.82, 2.24) is 0 Å². The van der Waals surface area contributed by atoms with Crippen LogP contribution >= 0.6 is 11.6 Å². The van der Waals surface area contributed by atoms with Crippen molar-refractivity contribution in [2.24, 2.45) is 5.92 Å². The first kappa shape index (κ1) is 20.0. The second kappa shape index (κ2) is 7.71. The van der Waals surface area contributed by atoms with E-state index in [1.807, 2.05) is 0 Å². The van der Waals surface area contributed by atoms with Gasteiger partial charge in [0.05, 0.1) is 35.0 Å². The predicted molar refractivity (Wildman–Crippen MR) is 98.5 cm³/mol. The Morgan fingerprint density at radius 2 is 1.96 bits per heavy atom. The predicted octanol–water partition coefficient (Wildman–Crippen LogP) is 4.36. The minimum atomic E-state index is -4.56. The van der Waals surface area contributed by atoms with E-state index in [-0.39, 0.29) is 29.6 Å². The number of carbonyl (C=O) groups excluding carboxylic acids is 2. The van der Waals surface area contributed by atoms with E-state index in [9.17, 15) is 22.8 Å². The summed E-state index contributed by atoms with van der Waals surface area (Å²) < 4.78 is 43.9. The number of methoxy groups -OCH3 is 1. The highest BCUT2D eigenvalue weighted by molar-refractivity contribution is 6.33.